The molecule has 19 heavy (non-hydrogen) atoms. The van der Waals surface area contributed by atoms with E-state index in [1.807, 2.05) is 6.92 Å². The van der Waals surface area contributed by atoms with E-state index in [4.69, 9.17) is 10.8 Å². The lowest BCUT2D eigenvalue weighted by atomic mass is 9.96. The van der Waals surface area contributed by atoms with Gasteiger partial charge in [0.1, 0.15) is 0 Å². The second kappa shape index (κ2) is 6.73. The molecule has 0 aromatic heterocycles. The third kappa shape index (κ3) is 4.95. The number of allylic oxidation sites excluding steroid dienone is 2. The number of hydrogen-bond donors (Lipinski definition) is 2. The van der Waals surface area contributed by atoms with E-state index < -0.39 is 11.9 Å². The number of rotatable bonds is 6. The Morgan fingerprint density at radius 2 is 1.84 bits per heavy atom. The number of anilines is 1. The van der Waals surface area contributed by atoms with Gasteiger partial charge in [-0.25, -0.2) is 0 Å². The normalized spacial score (nSPS) is 14.2. The van der Waals surface area contributed by atoms with Crippen molar-refractivity contribution >= 4 is 17.4 Å². The molecule has 1 aromatic rings. The summed E-state index contributed by atoms with van der Waals surface area (Å²) < 4.78 is 0. The highest BCUT2D eigenvalue weighted by Gasteiger charge is 2.13. The largest absolute Gasteiger partial charge is 0.481 e. The minimum atomic E-state index is -0.815. The number of carbonyl (C=O) groups is 2. The smallest absolute Gasteiger partial charge is 0.306 e. The van der Waals surface area contributed by atoms with Gasteiger partial charge in [-0.2, -0.15) is 0 Å². The number of ketones is 1. The standard InChI is InChI=1S/C15H19NO3/c1-10(9-11(2)15(18)19)3-8-14(17)12-4-6-13(16)7-5-12/h3-8,10-11H,9,16H2,1-2H3,(H,18,19)/b8-3+. The lowest BCUT2D eigenvalue weighted by molar-refractivity contribution is -0.141. The Labute approximate surface area is 112 Å². The monoisotopic (exact) mass is 261 g/mol. The quantitative estimate of drug-likeness (QED) is 0.468. The molecule has 0 saturated heterocycles. The second-order valence-electron chi connectivity index (χ2n) is 4.80. The van der Waals surface area contributed by atoms with E-state index in [9.17, 15) is 9.59 Å². The molecule has 0 aliphatic carbocycles. The molecule has 3 N–H and O–H groups in total. The maximum Gasteiger partial charge on any atom is 0.306 e. The van der Waals surface area contributed by atoms with Crippen LogP contribution in [0, 0.1) is 11.8 Å². The van der Waals surface area contributed by atoms with E-state index in [2.05, 4.69) is 0 Å². The Balaban J connectivity index is 2.58. The summed E-state index contributed by atoms with van der Waals surface area (Å²) in [5.41, 5.74) is 6.74. The van der Waals surface area contributed by atoms with Crippen LogP contribution in [-0.2, 0) is 4.79 Å². The first kappa shape index (κ1) is 15.0. The van der Waals surface area contributed by atoms with Crippen molar-refractivity contribution in [2.75, 3.05) is 5.73 Å². The summed E-state index contributed by atoms with van der Waals surface area (Å²) in [5.74, 6) is -1.28. The van der Waals surface area contributed by atoms with Crippen molar-refractivity contribution in [3.05, 3.63) is 42.0 Å². The van der Waals surface area contributed by atoms with Crippen molar-refractivity contribution in [1.82, 2.24) is 0 Å². The summed E-state index contributed by atoms with van der Waals surface area (Å²) in [4.78, 5) is 22.6. The van der Waals surface area contributed by atoms with Crippen LogP contribution in [0.2, 0.25) is 0 Å². The van der Waals surface area contributed by atoms with Crippen LogP contribution in [0.4, 0.5) is 5.69 Å². The molecular weight excluding hydrogens is 242 g/mol. The number of carboxylic acids is 1. The van der Waals surface area contributed by atoms with E-state index in [1.165, 1.54) is 6.08 Å². The SMILES string of the molecule is CC(/C=C/C(=O)c1ccc(N)cc1)CC(C)C(=O)O. The van der Waals surface area contributed by atoms with Gasteiger partial charge in [0.15, 0.2) is 5.78 Å². The van der Waals surface area contributed by atoms with E-state index >= 15 is 0 Å². The molecule has 0 aliphatic rings. The van der Waals surface area contributed by atoms with Crippen molar-refractivity contribution < 1.29 is 14.7 Å². The Hall–Kier alpha value is -2.10. The predicted octanol–water partition coefficient (Wildman–Crippen LogP) is 2.75. The minimum absolute atomic E-state index is 0.0452. The van der Waals surface area contributed by atoms with Crippen LogP contribution < -0.4 is 5.73 Å². The van der Waals surface area contributed by atoms with Gasteiger partial charge in [0.25, 0.3) is 0 Å². The number of carbonyl (C=O) groups excluding carboxylic acids is 1. The third-order valence-electron chi connectivity index (χ3n) is 2.92. The number of carboxylic acid groups (broad SMARTS) is 1. The number of nitrogens with two attached hydrogens (primary N) is 1. The molecule has 0 bridgehead atoms. The van der Waals surface area contributed by atoms with Crippen LogP contribution >= 0.6 is 0 Å². The van der Waals surface area contributed by atoms with Crippen LogP contribution in [0.3, 0.4) is 0 Å². The molecule has 1 rings (SSSR count). The van der Waals surface area contributed by atoms with Crippen LogP contribution in [0.25, 0.3) is 0 Å². The summed E-state index contributed by atoms with van der Waals surface area (Å²) in [6.45, 7) is 3.56. The van der Waals surface area contributed by atoms with Crippen molar-refractivity contribution in [2.45, 2.75) is 20.3 Å². The predicted molar refractivity (Wildman–Crippen MR) is 74.9 cm³/mol. The molecule has 0 aliphatic heterocycles. The molecule has 0 amide bonds. The molecule has 2 atom stereocenters. The van der Waals surface area contributed by atoms with Crippen molar-refractivity contribution in [3.63, 3.8) is 0 Å². The fourth-order valence-electron chi connectivity index (χ4n) is 1.73. The van der Waals surface area contributed by atoms with Gasteiger partial charge in [-0.3, -0.25) is 9.59 Å². The molecule has 4 heteroatoms. The molecule has 4 nitrogen and oxygen atoms in total. The van der Waals surface area contributed by atoms with E-state index in [0.717, 1.165) is 0 Å². The van der Waals surface area contributed by atoms with Crippen molar-refractivity contribution in [2.24, 2.45) is 11.8 Å². The number of aliphatic carboxylic acids is 1. The minimum Gasteiger partial charge on any atom is -0.481 e. The first-order valence-electron chi connectivity index (χ1n) is 6.21. The first-order chi connectivity index (χ1) is 8.90. The summed E-state index contributed by atoms with van der Waals surface area (Å²) in [5, 5.41) is 8.81. The number of nitrogen functional groups attached to an aromatic ring is 1. The van der Waals surface area contributed by atoms with Gasteiger partial charge in [0.05, 0.1) is 5.92 Å². The fourth-order valence-corrected chi connectivity index (χ4v) is 1.73. The molecular formula is C15H19NO3. The van der Waals surface area contributed by atoms with Gasteiger partial charge in [0, 0.05) is 11.3 Å². The first-order valence-corrected chi connectivity index (χ1v) is 6.21. The Morgan fingerprint density at radius 1 is 1.26 bits per heavy atom. The topological polar surface area (TPSA) is 80.4 Å². The van der Waals surface area contributed by atoms with Gasteiger partial charge < -0.3 is 10.8 Å². The molecule has 1 aromatic carbocycles. The Morgan fingerprint density at radius 3 is 2.37 bits per heavy atom. The zero-order valence-electron chi connectivity index (χ0n) is 11.2. The van der Waals surface area contributed by atoms with Gasteiger partial charge in [-0.15, -0.1) is 0 Å². The lowest BCUT2D eigenvalue weighted by Gasteiger charge is -2.09. The van der Waals surface area contributed by atoms with E-state index in [0.29, 0.717) is 17.7 Å². The van der Waals surface area contributed by atoms with Crippen LogP contribution in [0.15, 0.2) is 36.4 Å². The zero-order chi connectivity index (χ0) is 14.4. The average Bonchev–Trinajstić information content (AvgIpc) is 2.36. The number of hydrogen-bond acceptors (Lipinski definition) is 3. The average molecular weight is 261 g/mol. The van der Waals surface area contributed by atoms with Gasteiger partial charge in [-0.05, 0) is 42.7 Å². The number of benzene rings is 1. The van der Waals surface area contributed by atoms with Crippen molar-refractivity contribution in [1.29, 1.82) is 0 Å². The molecule has 0 heterocycles. The Bertz CT molecular complexity index is 477. The van der Waals surface area contributed by atoms with Crippen LogP contribution in [0.5, 0.6) is 0 Å². The van der Waals surface area contributed by atoms with Crippen molar-refractivity contribution in [3.8, 4) is 0 Å². The molecule has 102 valence electrons. The van der Waals surface area contributed by atoms with Crippen LogP contribution in [-0.4, -0.2) is 16.9 Å². The molecule has 0 saturated carbocycles. The molecule has 0 radical (unpaired) electrons. The Kier molecular flexibility index (Phi) is 5.30. The maximum atomic E-state index is 11.8. The van der Waals surface area contributed by atoms with Gasteiger partial charge in [-0.1, -0.05) is 19.9 Å². The lowest BCUT2D eigenvalue weighted by Crippen LogP contribution is -2.12. The maximum absolute atomic E-state index is 11.8. The summed E-state index contributed by atoms with van der Waals surface area (Å²) >= 11 is 0. The highest BCUT2D eigenvalue weighted by atomic mass is 16.4. The van der Waals surface area contributed by atoms with E-state index in [-0.39, 0.29) is 11.7 Å². The third-order valence-corrected chi connectivity index (χ3v) is 2.92. The van der Waals surface area contributed by atoms with Crippen LogP contribution in [0.1, 0.15) is 30.6 Å². The second-order valence-corrected chi connectivity index (χ2v) is 4.80. The van der Waals surface area contributed by atoms with Gasteiger partial charge >= 0.3 is 5.97 Å². The molecule has 0 fully saturated rings. The molecule has 2 unspecified atom stereocenters. The summed E-state index contributed by atoms with van der Waals surface area (Å²) in [7, 11) is 0. The summed E-state index contributed by atoms with van der Waals surface area (Å²) in [6, 6.07) is 6.70. The summed E-state index contributed by atoms with van der Waals surface area (Å²) in [6.07, 6.45) is 3.75. The highest BCUT2D eigenvalue weighted by molar-refractivity contribution is 6.04. The van der Waals surface area contributed by atoms with E-state index in [1.54, 1.807) is 37.3 Å². The highest BCUT2D eigenvalue weighted by Crippen LogP contribution is 2.14. The fraction of sp³-hybridized carbons (Fsp3) is 0.333. The van der Waals surface area contributed by atoms with Gasteiger partial charge in [0.2, 0.25) is 0 Å². The molecule has 0 spiro atoms. The zero-order valence-corrected chi connectivity index (χ0v) is 11.2.